The van der Waals surface area contributed by atoms with Crippen LogP contribution in [0.15, 0.2) is 83.8 Å². The highest BCUT2D eigenvalue weighted by Crippen LogP contribution is 2.35. The van der Waals surface area contributed by atoms with Crippen LogP contribution in [-0.2, 0) is 14.8 Å². The maximum absolute atomic E-state index is 12.2. The molecular formula is C27H26F3N3O5S. The van der Waals surface area contributed by atoms with Crippen molar-refractivity contribution in [3.8, 4) is 16.9 Å². The second-order valence-electron chi connectivity index (χ2n) is 8.86. The Morgan fingerprint density at radius 3 is 2.13 bits per heavy atom. The fraction of sp³-hybridized carbons (Fsp3) is 0.222. The summed E-state index contributed by atoms with van der Waals surface area (Å²) in [7, 11) is -3.47. The van der Waals surface area contributed by atoms with E-state index >= 15 is 0 Å². The molecule has 12 heteroatoms. The van der Waals surface area contributed by atoms with E-state index in [-0.39, 0.29) is 23.7 Å². The predicted octanol–water partition coefficient (Wildman–Crippen LogP) is 5.49. The molecule has 0 unspecified atom stereocenters. The molecule has 1 aromatic heterocycles. The van der Waals surface area contributed by atoms with E-state index < -0.39 is 28.3 Å². The minimum absolute atomic E-state index is 0.260. The second kappa shape index (κ2) is 11.4. The fourth-order valence-corrected chi connectivity index (χ4v) is 5.87. The lowest BCUT2D eigenvalue weighted by Gasteiger charge is -2.29. The van der Waals surface area contributed by atoms with E-state index in [0.717, 1.165) is 22.0 Å². The molecule has 1 fully saturated rings. The van der Waals surface area contributed by atoms with Gasteiger partial charge in [0.25, 0.3) is 0 Å². The number of nitrogens with zero attached hydrogens (tertiary/aromatic N) is 1. The van der Waals surface area contributed by atoms with Gasteiger partial charge in [-0.3, -0.25) is 4.79 Å². The van der Waals surface area contributed by atoms with Crippen LogP contribution in [-0.4, -0.2) is 48.2 Å². The van der Waals surface area contributed by atoms with E-state index in [0.29, 0.717) is 18.7 Å². The first-order chi connectivity index (χ1) is 18.5. The number of para-hydroxylation sites is 1. The number of halogens is 3. The average molecular weight is 562 g/mol. The van der Waals surface area contributed by atoms with Crippen LogP contribution in [0.4, 0.5) is 19.0 Å². The third kappa shape index (κ3) is 6.70. The third-order valence-corrected chi connectivity index (χ3v) is 8.21. The molecule has 4 N–H and O–H groups in total. The quantitative estimate of drug-likeness (QED) is 0.296. The lowest BCUT2D eigenvalue weighted by Crippen LogP contribution is -2.40. The molecule has 0 spiro atoms. The molecule has 1 aliphatic rings. The summed E-state index contributed by atoms with van der Waals surface area (Å²) in [5.74, 6) is -1.05. The molecule has 1 aliphatic heterocycles. The van der Waals surface area contributed by atoms with Gasteiger partial charge < -0.3 is 20.6 Å². The predicted molar refractivity (Wildman–Crippen MR) is 140 cm³/mol. The van der Waals surface area contributed by atoms with Gasteiger partial charge in [0.05, 0.1) is 10.8 Å². The third-order valence-electron chi connectivity index (χ3n) is 6.30. The summed E-state index contributed by atoms with van der Waals surface area (Å²) < 4.78 is 66.1. The number of ether oxygens (including phenoxy) is 1. The summed E-state index contributed by atoms with van der Waals surface area (Å²) >= 11 is 0. The van der Waals surface area contributed by atoms with Crippen molar-refractivity contribution in [1.82, 2.24) is 9.29 Å². The Hall–Kier alpha value is -4.03. The highest BCUT2D eigenvalue weighted by molar-refractivity contribution is 7.89. The zero-order valence-electron chi connectivity index (χ0n) is 20.6. The Bertz CT molecular complexity index is 1530. The number of hydrogen-bond donors (Lipinski definition) is 3. The number of sulfonamides is 1. The summed E-state index contributed by atoms with van der Waals surface area (Å²) in [6.07, 6.45) is -3.94. The molecular weight excluding hydrogens is 535 g/mol. The SMILES string of the molecule is Nc1[nH]c2ccccc2c1-c1ccc(OC(F)(F)F)cc1.O=C(O)C1CCN(S(=O)(=O)c2ccccc2)CC1. The first kappa shape index (κ1) is 28.0. The lowest BCUT2D eigenvalue weighted by molar-refractivity contribution is -0.274. The number of benzene rings is 3. The van der Waals surface area contributed by atoms with Gasteiger partial charge in [0, 0.05) is 29.6 Å². The first-order valence-corrected chi connectivity index (χ1v) is 13.4. The number of carboxylic acids is 1. The Kier molecular flexibility index (Phi) is 8.17. The lowest BCUT2D eigenvalue weighted by atomic mass is 9.99. The van der Waals surface area contributed by atoms with Crippen LogP contribution in [0.5, 0.6) is 5.75 Å². The number of fused-ring (bicyclic) bond motifs is 1. The summed E-state index contributed by atoms with van der Waals surface area (Å²) in [5.41, 5.74) is 8.32. The number of H-pyrrole nitrogens is 1. The number of rotatable bonds is 5. The smallest absolute Gasteiger partial charge is 0.481 e. The summed E-state index contributed by atoms with van der Waals surface area (Å²) in [5, 5.41) is 9.79. The number of anilines is 1. The van der Waals surface area contributed by atoms with Crippen molar-refractivity contribution in [3.63, 3.8) is 0 Å². The van der Waals surface area contributed by atoms with Crippen molar-refractivity contribution in [2.24, 2.45) is 5.92 Å². The second-order valence-corrected chi connectivity index (χ2v) is 10.8. The normalized spacial score (nSPS) is 14.9. The molecule has 0 atom stereocenters. The number of nitrogens with one attached hydrogen (secondary N) is 1. The molecule has 4 aromatic rings. The van der Waals surface area contributed by atoms with Crippen molar-refractivity contribution in [2.45, 2.75) is 24.1 Å². The zero-order valence-corrected chi connectivity index (χ0v) is 21.4. The number of carboxylic acid groups (broad SMARTS) is 1. The maximum Gasteiger partial charge on any atom is 0.573 e. The van der Waals surface area contributed by atoms with Crippen LogP contribution in [0.3, 0.4) is 0 Å². The van der Waals surface area contributed by atoms with Crippen molar-refractivity contribution in [1.29, 1.82) is 0 Å². The van der Waals surface area contributed by atoms with Gasteiger partial charge in [0.1, 0.15) is 11.6 Å². The monoisotopic (exact) mass is 561 g/mol. The Balaban J connectivity index is 0.000000183. The first-order valence-electron chi connectivity index (χ1n) is 12.0. The standard InChI is InChI=1S/C15H11F3N2O.C12H15NO4S/c16-15(17,18)21-10-7-5-9(6-8-10)13-11-3-1-2-4-12(11)20-14(13)19;14-12(15)10-6-8-13(9-7-10)18(16,17)11-4-2-1-3-5-11/h1-8,20H,19H2;1-5,10H,6-9H2,(H,14,15). The summed E-state index contributed by atoms with van der Waals surface area (Å²) in [6, 6.07) is 21.4. The molecule has 39 heavy (non-hydrogen) atoms. The Labute approximate surface area is 222 Å². The van der Waals surface area contributed by atoms with E-state index in [9.17, 15) is 26.4 Å². The van der Waals surface area contributed by atoms with Crippen LogP contribution in [0, 0.1) is 5.92 Å². The van der Waals surface area contributed by atoms with E-state index in [1.807, 2.05) is 24.3 Å². The molecule has 0 radical (unpaired) electrons. The van der Waals surface area contributed by atoms with Gasteiger partial charge >= 0.3 is 12.3 Å². The van der Waals surface area contributed by atoms with Crippen LogP contribution in [0.25, 0.3) is 22.0 Å². The molecule has 0 aliphatic carbocycles. The maximum atomic E-state index is 12.2. The molecule has 0 saturated carbocycles. The number of aromatic nitrogens is 1. The molecule has 206 valence electrons. The number of aromatic amines is 1. The highest BCUT2D eigenvalue weighted by Gasteiger charge is 2.32. The number of nitrogens with two attached hydrogens (primary N) is 1. The van der Waals surface area contributed by atoms with Gasteiger partial charge in [-0.1, -0.05) is 48.5 Å². The number of aliphatic carboxylic acids is 1. The molecule has 1 saturated heterocycles. The molecule has 3 aromatic carbocycles. The molecule has 8 nitrogen and oxygen atoms in total. The number of hydrogen-bond acceptors (Lipinski definition) is 5. The average Bonchev–Trinajstić information content (AvgIpc) is 3.25. The summed E-state index contributed by atoms with van der Waals surface area (Å²) in [6.45, 7) is 0.544. The fourth-order valence-electron chi connectivity index (χ4n) is 4.38. The zero-order chi connectivity index (χ0) is 28.2. The Morgan fingerprint density at radius 2 is 1.54 bits per heavy atom. The van der Waals surface area contributed by atoms with E-state index in [1.54, 1.807) is 42.5 Å². The van der Waals surface area contributed by atoms with E-state index in [1.165, 1.54) is 16.4 Å². The molecule has 0 bridgehead atoms. The van der Waals surface area contributed by atoms with E-state index in [4.69, 9.17) is 10.8 Å². The van der Waals surface area contributed by atoms with Gasteiger partial charge in [0.2, 0.25) is 10.0 Å². The molecule has 5 rings (SSSR count). The van der Waals surface area contributed by atoms with Crippen LogP contribution in [0.1, 0.15) is 12.8 Å². The van der Waals surface area contributed by atoms with Crippen molar-refractivity contribution < 1.29 is 36.2 Å². The van der Waals surface area contributed by atoms with Crippen LogP contribution in [0.2, 0.25) is 0 Å². The van der Waals surface area contributed by atoms with Gasteiger partial charge in [-0.25, -0.2) is 8.42 Å². The number of piperidine rings is 1. The van der Waals surface area contributed by atoms with E-state index in [2.05, 4.69) is 9.72 Å². The number of alkyl halides is 3. The number of nitrogen functional groups attached to an aromatic ring is 1. The molecule has 2 heterocycles. The van der Waals surface area contributed by atoms with Crippen LogP contribution < -0.4 is 10.5 Å². The summed E-state index contributed by atoms with van der Waals surface area (Å²) in [4.78, 5) is 14.1. The van der Waals surface area contributed by atoms with Crippen LogP contribution >= 0.6 is 0 Å². The van der Waals surface area contributed by atoms with Gasteiger partial charge in [0.15, 0.2) is 0 Å². The van der Waals surface area contributed by atoms with Gasteiger partial charge in [-0.2, -0.15) is 4.31 Å². The molecule has 0 amide bonds. The van der Waals surface area contributed by atoms with Crippen molar-refractivity contribution >= 4 is 32.7 Å². The Morgan fingerprint density at radius 1 is 0.949 bits per heavy atom. The van der Waals surface area contributed by atoms with Gasteiger partial charge in [-0.15, -0.1) is 13.2 Å². The van der Waals surface area contributed by atoms with Crippen molar-refractivity contribution in [3.05, 3.63) is 78.9 Å². The topological polar surface area (TPSA) is 126 Å². The largest absolute Gasteiger partial charge is 0.573 e. The minimum Gasteiger partial charge on any atom is -0.481 e. The highest BCUT2D eigenvalue weighted by atomic mass is 32.2. The van der Waals surface area contributed by atoms with Gasteiger partial charge in [-0.05, 0) is 48.7 Å². The minimum atomic E-state index is -4.69. The van der Waals surface area contributed by atoms with Crippen molar-refractivity contribution in [2.75, 3.05) is 18.8 Å². The number of carbonyl (C=O) groups is 1.